The molecule has 0 aliphatic heterocycles. The predicted octanol–water partition coefficient (Wildman–Crippen LogP) is 7.27. The fourth-order valence-corrected chi connectivity index (χ4v) is 4.71. The average Bonchev–Trinajstić information content (AvgIpc) is 2.87. The van der Waals surface area contributed by atoms with Crippen LogP contribution in [0.4, 0.5) is 4.79 Å². The highest BCUT2D eigenvalue weighted by Crippen LogP contribution is 2.30. The molecule has 0 spiro atoms. The van der Waals surface area contributed by atoms with Crippen LogP contribution in [0.15, 0.2) is 30.8 Å². The second-order valence-electron chi connectivity index (χ2n) is 12.6. The monoisotopic (exact) mass is 557 g/mol. The Kier molecular flexibility index (Phi) is 14.5. The van der Waals surface area contributed by atoms with Gasteiger partial charge in [0.15, 0.2) is 0 Å². The third-order valence-electron chi connectivity index (χ3n) is 7.14. The molecule has 0 heterocycles. The van der Waals surface area contributed by atoms with E-state index in [1.165, 1.54) is 0 Å². The van der Waals surface area contributed by atoms with Gasteiger partial charge in [0.25, 0.3) is 0 Å². The Hall–Kier alpha value is -2.83. The molecule has 2 N–H and O–H groups in total. The van der Waals surface area contributed by atoms with Crippen molar-refractivity contribution in [1.29, 1.82) is 0 Å². The van der Waals surface area contributed by atoms with Crippen LogP contribution in [-0.2, 0) is 14.3 Å². The molecule has 0 aliphatic carbocycles. The van der Waals surface area contributed by atoms with E-state index in [1.807, 2.05) is 52.0 Å². The molecule has 5 atom stereocenters. The third kappa shape index (κ3) is 11.3. The Morgan fingerprint density at radius 1 is 1.00 bits per heavy atom. The standard InChI is InChI=1S/C33H55N3O4/c1-12-16-24(7)34-30(37)29(27-18-15-17-26(14-3)21-27)36(25(8)20-19-22(4)5)31(38)28(23(6)13-2)35-32(39)40-33(9,10)11/h14-15,17-18,21-25,28-29H,3,12-13,16,19-20H2,1-2,4-11H3,(H,34,37)(H,35,39). The van der Waals surface area contributed by atoms with E-state index in [-0.39, 0.29) is 29.8 Å². The summed E-state index contributed by atoms with van der Waals surface area (Å²) < 4.78 is 5.52. The van der Waals surface area contributed by atoms with Crippen molar-refractivity contribution in [3.05, 3.63) is 42.0 Å². The van der Waals surface area contributed by atoms with Crippen LogP contribution in [-0.4, -0.2) is 46.5 Å². The van der Waals surface area contributed by atoms with Gasteiger partial charge < -0.3 is 20.3 Å². The lowest BCUT2D eigenvalue weighted by atomic mass is 9.92. The van der Waals surface area contributed by atoms with Gasteiger partial charge in [-0.2, -0.15) is 0 Å². The molecule has 3 amide bonds. The van der Waals surface area contributed by atoms with Crippen LogP contribution in [0.5, 0.6) is 0 Å². The second kappa shape index (κ2) is 16.4. The molecule has 0 bridgehead atoms. The second-order valence-corrected chi connectivity index (χ2v) is 12.6. The zero-order chi connectivity index (χ0) is 30.6. The van der Waals surface area contributed by atoms with Crippen molar-refractivity contribution in [2.24, 2.45) is 11.8 Å². The summed E-state index contributed by atoms with van der Waals surface area (Å²) >= 11 is 0. The number of hydrogen-bond acceptors (Lipinski definition) is 4. The summed E-state index contributed by atoms with van der Waals surface area (Å²) in [7, 11) is 0. The number of nitrogens with zero attached hydrogens (tertiary/aromatic N) is 1. The molecular weight excluding hydrogens is 502 g/mol. The maximum atomic E-state index is 14.6. The van der Waals surface area contributed by atoms with Crippen molar-refractivity contribution in [3.8, 4) is 0 Å². The van der Waals surface area contributed by atoms with Gasteiger partial charge in [-0.3, -0.25) is 9.59 Å². The van der Waals surface area contributed by atoms with E-state index < -0.39 is 23.8 Å². The van der Waals surface area contributed by atoms with Crippen LogP contribution in [0.2, 0.25) is 0 Å². The van der Waals surface area contributed by atoms with Crippen molar-refractivity contribution >= 4 is 24.0 Å². The Morgan fingerprint density at radius 3 is 2.17 bits per heavy atom. The van der Waals surface area contributed by atoms with Crippen LogP contribution < -0.4 is 10.6 Å². The maximum Gasteiger partial charge on any atom is 0.408 e. The van der Waals surface area contributed by atoms with Crippen LogP contribution in [0.1, 0.15) is 119 Å². The van der Waals surface area contributed by atoms with Gasteiger partial charge in [-0.25, -0.2) is 4.79 Å². The number of rotatable bonds is 15. The Balaban J connectivity index is 3.72. The normalized spacial score (nSPS) is 15.4. The van der Waals surface area contributed by atoms with E-state index in [4.69, 9.17) is 4.74 Å². The van der Waals surface area contributed by atoms with Gasteiger partial charge in [0.05, 0.1) is 0 Å². The molecule has 40 heavy (non-hydrogen) atoms. The van der Waals surface area contributed by atoms with Crippen molar-refractivity contribution in [2.45, 2.75) is 131 Å². The van der Waals surface area contributed by atoms with Gasteiger partial charge in [-0.1, -0.05) is 78.3 Å². The fourth-order valence-electron chi connectivity index (χ4n) is 4.71. The number of carbonyl (C=O) groups is 3. The molecule has 226 valence electrons. The first kappa shape index (κ1) is 35.2. The molecule has 5 unspecified atom stereocenters. The van der Waals surface area contributed by atoms with Crippen LogP contribution in [0, 0.1) is 11.8 Å². The smallest absolute Gasteiger partial charge is 0.408 e. The van der Waals surface area contributed by atoms with Crippen LogP contribution >= 0.6 is 0 Å². The van der Waals surface area contributed by atoms with Gasteiger partial charge in [-0.15, -0.1) is 0 Å². The molecular formula is C33H55N3O4. The third-order valence-corrected chi connectivity index (χ3v) is 7.14. The lowest BCUT2D eigenvalue weighted by molar-refractivity contribution is -0.146. The van der Waals surface area contributed by atoms with Gasteiger partial charge in [0, 0.05) is 12.1 Å². The summed E-state index contributed by atoms with van der Waals surface area (Å²) in [6.45, 7) is 23.5. The van der Waals surface area contributed by atoms with Crippen molar-refractivity contribution in [2.75, 3.05) is 0 Å². The maximum absolute atomic E-state index is 14.6. The lowest BCUT2D eigenvalue weighted by Gasteiger charge is -2.40. The minimum Gasteiger partial charge on any atom is -0.444 e. The largest absolute Gasteiger partial charge is 0.444 e. The Morgan fingerprint density at radius 2 is 1.65 bits per heavy atom. The minimum atomic E-state index is -0.874. The molecule has 1 aromatic rings. The molecule has 7 nitrogen and oxygen atoms in total. The zero-order valence-corrected chi connectivity index (χ0v) is 26.7. The highest BCUT2D eigenvalue weighted by atomic mass is 16.6. The molecule has 1 aromatic carbocycles. The fraction of sp³-hybridized carbons (Fsp3) is 0.667. The van der Waals surface area contributed by atoms with E-state index >= 15 is 0 Å². The predicted molar refractivity (Wildman–Crippen MR) is 165 cm³/mol. The van der Waals surface area contributed by atoms with E-state index in [0.29, 0.717) is 17.9 Å². The van der Waals surface area contributed by atoms with Gasteiger partial charge in [0.2, 0.25) is 11.8 Å². The highest BCUT2D eigenvalue weighted by Gasteiger charge is 2.40. The molecule has 1 rings (SSSR count). The van der Waals surface area contributed by atoms with Crippen LogP contribution in [0.3, 0.4) is 0 Å². The molecule has 0 saturated carbocycles. The zero-order valence-electron chi connectivity index (χ0n) is 26.7. The van der Waals surface area contributed by atoms with Gasteiger partial charge in [0.1, 0.15) is 17.7 Å². The number of nitrogens with one attached hydrogen (secondary N) is 2. The highest BCUT2D eigenvalue weighted by molar-refractivity contribution is 5.92. The Labute approximate surface area is 243 Å². The van der Waals surface area contributed by atoms with E-state index in [9.17, 15) is 14.4 Å². The summed E-state index contributed by atoms with van der Waals surface area (Å²) in [5.74, 6) is -0.261. The first-order valence-electron chi connectivity index (χ1n) is 15.0. The number of amides is 3. The molecule has 0 radical (unpaired) electrons. The molecule has 0 fully saturated rings. The first-order valence-corrected chi connectivity index (χ1v) is 15.0. The lowest BCUT2D eigenvalue weighted by Crippen LogP contribution is -2.57. The van der Waals surface area contributed by atoms with E-state index in [0.717, 1.165) is 31.2 Å². The number of carbonyl (C=O) groups excluding carboxylic acids is 3. The molecule has 0 aromatic heterocycles. The number of benzene rings is 1. The quantitative estimate of drug-likeness (QED) is 0.237. The first-order chi connectivity index (χ1) is 18.6. The minimum absolute atomic E-state index is 0.0456. The number of ether oxygens (including phenoxy) is 1. The molecule has 7 heteroatoms. The van der Waals surface area contributed by atoms with E-state index in [1.54, 1.807) is 31.7 Å². The van der Waals surface area contributed by atoms with Gasteiger partial charge in [-0.05, 0) is 82.9 Å². The molecule has 0 aliphatic rings. The summed E-state index contributed by atoms with van der Waals surface area (Å²) in [5.41, 5.74) is 0.869. The summed E-state index contributed by atoms with van der Waals surface area (Å²) in [5, 5.41) is 6.01. The summed E-state index contributed by atoms with van der Waals surface area (Å²) in [6.07, 6.45) is 5.13. The Bertz CT molecular complexity index is 969. The average molecular weight is 558 g/mol. The topological polar surface area (TPSA) is 87.7 Å². The SMILES string of the molecule is C=Cc1cccc(C(C(=O)NC(C)CCC)N(C(=O)C(NC(=O)OC(C)(C)C)C(C)CC)C(C)CCC(C)C)c1. The van der Waals surface area contributed by atoms with Gasteiger partial charge >= 0.3 is 6.09 Å². The summed E-state index contributed by atoms with van der Waals surface area (Å²) in [6, 6.07) is 5.57. The number of alkyl carbamates (subject to hydrolysis) is 1. The summed E-state index contributed by atoms with van der Waals surface area (Å²) in [4.78, 5) is 43.2. The van der Waals surface area contributed by atoms with E-state index in [2.05, 4.69) is 38.0 Å². The van der Waals surface area contributed by atoms with Crippen molar-refractivity contribution < 1.29 is 19.1 Å². The van der Waals surface area contributed by atoms with Crippen LogP contribution in [0.25, 0.3) is 6.08 Å². The number of hydrogen-bond donors (Lipinski definition) is 2. The van der Waals surface area contributed by atoms with Crippen molar-refractivity contribution in [1.82, 2.24) is 15.5 Å². The molecule has 0 saturated heterocycles. The van der Waals surface area contributed by atoms with Crippen molar-refractivity contribution in [3.63, 3.8) is 0 Å².